The fraction of sp³-hybridized carbons (Fsp3) is 0.444. The van der Waals surface area contributed by atoms with Crippen LogP contribution in [0.25, 0.3) is 0 Å². The largest absolute Gasteiger partial charge is 0.491 e. The van der Waals surface area contributed by atoms with Crippen LogP contribution < -0.4 is 15.4 Å². The Morgan fingerprint density at radius 2 is 2.12 bits per heavy atom. The van der Waals surface area contributed by atoms with Gasteiger partial charge in [0.15, 0.2) is 11.6 Å². The van der Waals surface area contributed by atoms with Crippen molar-refractivity contribution in [2.45, 2.75) is 34.2 Å². The number of urea groups is 1. The van der Waals surface area contributed by atoms with E-state index in [0.717, 1.165) is 17.9 Å². The minimum Gasteiger partial charge on any atom is -0.491 e. The molecular weight excluding hydrogens is 323 g/mol. The average Bonchev–Trinajstić information content (AvgIpc) is 2.85. The van der Waals surface area contributed by atoms with Crippen LogP contribution in [-0.2, 0) is 6.54 Å². The van der Waals surface area contributed by atoms with Crippen LogP contribution >= 0.6 is 0 Å². The summed E-state index contributed by atoms with van der Waals surface area (Å²) in [4.78, 5) is 12.0. The Morgan fingerprint density at radius 3 is 2.72 bits per heavy atom. The van der Waals surface area contributed by atoms with E-state index >= 15 is 0 Å². The van der Waals surface area contributed by atoms with Crippen molar-refractivity contribution >= 4 is 11.7 Å². The first-order valence-corrected chi connectivity index (χ1v) is 8.37. The Morgan fingerprint density at radius 1 is 1.36 bits per heavy atom. The SMILES string of the molecule is CCOc1ccc(NC(=O)NCC(C)Cn2nc(C)cc2C)cc1F. The number of halogens is 1. The third-order valence-corrected chi connectivity index (χ3v) is 3.69. The summed E-state index contributed by atoms with van der Waals surface area (Å²) in [5.74, 6) is -0.120. The number of rotatable bonds is 7. The van der Waals surface area contributed by atoms with E-state index in [1.165, 1.54) is 12.1 Å². The van der Waals surface area contributed by atoms with Crippen LogP contribution in [0, 0.1) is 25.6 Å². The predicted molar refractivity (Wildman–Crippen MR) is 95.5 cm³/mol. The second-order valence-electron chi connectivity index (χ2n) is 6.13. The van der Waals surface area contributed by atoms with E-state index in [1.54, 1.807) is 13.0 Å². The van der Waals surface area contributed by atoms with Gasteiger partial charge in [-0.05, 0) is 44.9 Å². The van der Waals surface area contributed by atoms with Crippen LogP contribution in [0.1, 0.15) is 25.2 Å². The Labute approximate surface area is 147 Å². The number of nitrogens with zero attached hydrogens (tertiary/aromatic N) is 2. The van der Waals surface area contributed by atoms with E-state index in [1.807, 2.05) is 31.5 Å². The Bertz CT molecular complexity index is 730. The quantitative estimate of drug-likeness (QED) is 0.805. The number of aryl methyl sites for hydroxylation is 2. The molecule has 1 atom stereocenters. The number of ether oxygens (including phenoxy) is 1. The summed E-state index contributed by atoms with van der Waals surface area (Å²) in [6, 6.07) is 5.99. The van der Waals surface area contributed by atoms with E-state index in [4.69, 9.17) is 4.74 Å². The Balaban J connectivity index is 1.82. The molecule has 0 radical (unpaired) electrons. The molecule has 1 aromatic heterocycles. The maximum Gasteiger partial charge on any atom is 0.319 e. The number of carbonyl (C=O) groups excluding carboxylic acids is 1. The highest BCUT2D eigenvalue weighted by atomic mass is 19.1. The number of anilines is 1. The van der Waals surface area contributed by atoms with Gasteiger partial charge < -0.3 is 15.4 Å². The van der Waals surface area contributed by atoms with Crippen LogP contribution in [0.15, 0.2) is 24.3 Å². The topological polar surface area (TPSA) is 68.2 Å². The normalized spacial score (nSPS) is 11.9. The van der Waals surface area contributed by atoms with Gasteiger partial charge in [0.05, 0.1) is 12.3 Å². The molecule has 0 saturated heterocycles. The molecule has 0 bridgehead atoms. The second kappa shape index (κ2) is 8.50. The van der Waals surface area contributed by atoms with Crippen molar-refractivity contribution in [1.82, 2.24) is 15.1 Å². The average molecular weight is 348 g/mol. The van der Waals surface area contributed by atoms with Crippen LogP contribution in [0.5, 0.6) is 5.75 Å². The van der Waals surface area contributed by atoms with Gasteiger partial charge in [-0.15, -0.1) is 0 Å². The molecule has 0 fully saturated rings. The standard InChI is InChI=1S/C18H25FN4O2/c1-5-25-17-7-6-15(9-16(17)19)21-18(24)20-10-12(2)11-23-14(4)8-13(3)22-23/h6-9,12H,5,10-11H2,1-4H3,(H2,20,21,24). The number of aromatic nitrogens is 2. The molecule has 0 spiro atoms. The fourth-order valence-electron chi connectivity index (χ4n) is 2.51. The summed E-state index contributed by atoms with van der Waals surface area (Å²) >= 11 is 0. The fourth-order valence-corrected chi connectivity index (χ4v) is 2.51. The number of benzene rings is 1. The smallest absolute Gasteiger partial charge is 0.319 e. The molecule has 0 saturated carbocycles. The van der Waals surface area contributed by atoms with Crippen molar-refractivity contribution in [3.63, 3.8) is 0 Å². The van der Waals surface area contributed by atoms with Crippen LogP contribution in [0.3, 0.4) is 0 Å². The van der Waals surface area contributed by atoms with Gasteiger partial charge in [0.1, 0.15) is 0 Å². The number of hydrogen-bond donors (Lipinski definition) is 2. The van der Waals surface area contributed by atoms with Crippen molar-refractivity contribution in [3.8, 4) is 5.75 Å². The van der Waals surface area contributed by atoms with E-state index in [-0.39, 0.29) is 17.7 Å². The molecule has 2 amide bonds. The molecule has 0 aliphatic rings. The van der Waals surface area contributed by atoms with Crippen molar-refractivity contribution in [2.24, 2.45) is 5.92 Å². The van der Waals surface area contributed by atoms with E-state index < -0.39 is 5.82 Å². The molecule has 6 nitrogen and oxygen atoms in total. The first-order chi connectivity index (χ1) is 11.9. The zero-order valence-electron chi connectivity index (χ0n) is 15.1. The van der Waals surface area contributed by atoms with Crippen LogP contribution in [0.4, 0.5) is 14.9 Å². The lowest BCUT2D eigenvalue weighted by atomic mass is 10.2. The van der Waals surface area contributed by atoms with E-state index in [2.05, 4.69) is 15.7 Å². The molecular formula is C18H25FN4O2. The molecule has 1 aromatic carbocycles. The van der Waals surface area contributed by atoms with Crippen molar-refractivity contribution in [2.75, 3.05) is 18.5 Å². The molecule has 1 heterocycles. The summed E-state index contributed by atoms with van der Waals surface area (Å²) < 4.78 is 20.8. The summed E-state index contributed by atoms with van der Waals surface area (Å²) in [6.45, 7) is 9.38. The highest BCUT2D eigenvalue weighted by molar-refractivity contribution is 5.89. The van der Waals surface area contributed by atoms with Gasteiger partial charge in [-0.2, -0.15) is 5.10 Å². The van der Waals surface area contributed by atoms with Gasteiger partial charge in [0.25, 0.3) is 0 Å². The number of hydrogen-bond acceptors (Lipinski definition) is 3. The lowest BCUT2D eigenvalue weighted by Crippen LogP contribution is -2.33. The number of amides is 2. The van der Waals surface area contributed by atoms with Crippen LogP contribution in [-0.4, -0.2) is 29.0 Å². The highest BCUT2D eigenvalue weighted by Gasteiger charge is 2.10. The number of nitrogens with one attached hydrogen (secondary N) is 2. The van der Waals surface area contributed by atoms with Gasteiger partial charge in [-0.3, -0.25) is 4.68 Å². The third kappa shape index (κ3) is 5.48. The molecule has 7 heteroatoms. The Hall–Kier alpha value is -2.57. The van der Waals surface area contributed by atoms with Gasteiger partial charge in [-0.25, -0.2) is 9.18 Å². The summed E-state index contributed by atoms with van der Waals surface area (Å²) in [7, 11) is 0. The molecule has 25 heavy (non-hydrogen) atoms. The zero-order chi connectivity index (χ0) is 18.4. The minimum atomic E-state index is -0.502. The maximum atomic E-state index is 13.8. The summed E-state index contributed by atoms with van der Waals surface area (Å²) in [5.41, 5.74) is 2.45. The molecule has 0 aliphatic heterocycles. The van der Waals surface area contributed by atoms with Gasteiger partial charge in [0.2, 0.25) is 0 Å². The lowest BCUT2D eigenvalue weighted by Gasteiger charge is -2.15. The maximum absolute atomic E-state index is 13.8. The van der Waals surface area contributed by atoms with Crippen LogP contribution in [0.2, 0.25) is 0 Å². The molecule has 2 rings (SSSR count). The van der Waals surface area contributed by atoms with E-state index in [9.17, 15) is 9.18 Å². The molecule has 2 aromatic rings. The monoisotopic (exact) mass is 348 g/mol. The molecule has 0 aliphatic carbocycles. The highest BCUT2D eigenvalue weighted by Crippen LogP contribution is 2.21. The first-order valence-electron chi connectivity index (χ1n) is 8.37. The number of carbonyl (C=O) groups is 1. The molecule has 136 valence electrons. The predicted octanol–water partition coefficient (Wildman–Crippen LogP) is 3.50. The lowest BCUT2D eigenvalue weighted by molar-refractivity contribution is 0.249. The van der Waals surface area contributed by atoms with Crippen molar-refractivity contribution in [1.29, 1.82) is 0 Å². The third-order valence-electron chi connectivity index (χ3n) is 3.69. The van der Waals surface area contributed by atoms with Crippen molar-refractivity contribution in [3.05, 3.63) is 41.5 Å². The molecule has 2 N–H and O–H groups in total. The molecule has 1 unspecified atom stereocenters. The second-order valence-corrected chi connectivity index (χ2v) is 6.13. The van der Waals surface area contributed by atoms with Gasteiger partial charge in [0, 0.05) is 30.5 Å². The Kier molecular flexibility index (Phi) is 6.38. The van der Waals surface area contributed by atoms with Gasteiger partial charge in [-0.1, -0.05) is 6.92 Å². The first kappa shape index (κ1) is 18.8. The summed E-state index contributed by atoms with van der Waals surface area (Å²) in [5, 5.41) is 9.82. The summed E-state index contributed by atoms with van der Waals surface area (Å²) in [6.07, 6.45) is 0. The van der Waals surface area contributed by atoms with E-state index in [0.29, 0.717) is 18.8 Å². The van der Waals surface area contributed by atoms with Gasteiger partial charge >= 0.3 is 6.03 Å². The minimum absolute atomic E-state index is 0.173. The zero-order valence-corrected chi connectivity index (χ0v) is 15.1. The van der Waals surface area contributed by atoms with Crippen molar-refractivity contribution < 1.29 is 13.9 Å².